The summed E-state index contributed by atoms with van der Waals surface area (Å²) in [5.74, 6) is -0.270. The Morgan fingerprint density at radius 3 is 2.81 bits per heavy atom. The number of hydrogen-bond acceptors (Lipinski definition) is 6. The molecule has 0 bridgehead atoms. The third-order valence-corrected chi connectivity index (χ3v) is 2.46. The lowest BCUT2D eigenvalue weighted by molar-refractivity contribution is 0.102. The largest absolute Gasteiger partial charge is 0.387 e. The molecule has 0 aliphatic carbocycles. The molecule has 16 heavy (non-hydrogen) atoms. The molecule has 0 aliphatic heterocycles. The van der Waals surface area contributed by atoms with Crippen LogP contribution >= 0.6 is 11.5 Å². The van der Waals surface area contributed by atoms with Crippen LogP contribution < -0.4 is 10.6 Å². The quantitative estimate of drug-likeness (QED) is 0.836. The molecular formula is C9H9N5OS. The maximum Gasteiger partial charge on any atom is 0.274 e. The Hall–Kier alpha value is -2.02. The standard InChI is InChI=1S/C9H9N5OS/c1-10-6-2-3-7(11-4-6)9(15)13-8-5-12-14-16-8/h2-5,10H,1H3,(H,13,15). The van der Waals surface area contributed by atoms with Crippen LogP contribution in [0.15, 0.2) is 24.5 Å². The van der Waals surface area contributed by atoms with E-state index in [1.165, 1.54) is 6.20 Å². The summed E-state index contributed by atoms with van der Waals surface area (Å²) in [5, 5.41) is 9.79. The Morgan fingerprint density at radius 1 is 1.38 bits per heavy atom. The average molecular weight is 235 g/mol. The minimum Gasteiger partial charge on any atom is -0.387 e. The van der Waals surface area contributed by atoms with E-state index in [0.29, 0.717) is 10.7 Å². The highest BCUT2D eigenvalue weighted by Gasteiger charge is 2.08. The predicted octanol–water partition coefficient (Wildman–Crippen LogP) is 1.23. The molecule has 0 spiro atoms. The first-order valence-electron chi connectivity index (χ1n) is 4.52. The van der Waals surface area contributed by atoms with Crippen LogP contribution in [0.25, 0.3) is 0 Å². The topological polar surface area (TPSA) is 79.8 Å². The number of carbonyl (C=O) groups excluding carboxylic acids is 1. The van der Waals surface area contributed by atoms with E-state index in [-0.39, 0.29) is 5.91 Å². The lowest BCUT2D eigenvalue weighted by Crippen LogP contribution is -2.12. The second kappa shape index (κ2) is 4.67. The second-order valence-electron chi connectivity index (χ2n) is 2.92. The Morgan fingerprint density at radius 2 is 2.25 bits per heavy atom. The van der Waals surface area contributed by atoms with E-state index in [4.69, 9.17) is 0 Å². The second-order valence-corrected chi connectivity index (χ2v) is 3.70. The lowest BCUT2D eigenvalue weighted by Gasteiger charge is -2.02. The van der Waals surface area contributed by atoms with Crippen molar-refractivity contribution in [2.24, 2.45) is 0 Å². The van der Waals surface area contributed by atoms with Gasteiger partial charge in [0.15, 0.2) is 0 Å². The fraction of sp³-hybridized carbons (Fsp3) is 0.111. The van der Waals surface area contributed by atoms with Crippen LogP contribution in [0, 0.1) is 0 Å². The molecule has 0 fully saturated rings. The summed E-state index contributed by atoms with van der Waals surface area (Å²) in [4.78, 5) is 15.7. The van der Waals surface area contributed by atoms with Gasteiger partial charge < -0.3 is 10.6 Å². The fourth-order valence-electron chi connectivity index (χ4n) is 1.07. The average Bonchev–Trinajstić information content (AvgIpc) is 2.82. The SMILES string of the molecule is CNc1ccc(C(=O)Nc2cnns2)nc1. The van der Waals surface area contributed by atoms with Gasteiger partial charge in [-0.3, -0.25) is 4.79 Å². The van der Waals surface area contributed by atoms with Crippen molar-refractivity contribution in [1.29, 1.82) is 0 Å². The van der Waals surface area contributed by atoms with Gasteiger partial charge in [0.1, 0.15) is 10.7 Å². The van der Waals surface area contributed by atoms with Crippen molar-refractivity contribution in [3.8, 4) is 0 Å². The maximum absolute atomic E-state index is 11.7. The molecule has 0 saturated carbocycles. The Balaban J connectivity index is 2.09. The summed E-state index contributed by atoms with van der Waals surface area (Å²) < 4.78 is 3.64. The highest BCUT2D eigenvalue weighted by atomic mass is 32.1. The molecule has 0 aromatic carbocycles. The van der Waals surface area contributed by atoms with Crippen LogP contribution in [-0.2, 0) is 0 Å². The smallest absolute Gasteiger partial charge is 0.274 e. The van der Waals surface area contributed by atoms with Crippen molar-refractivity contribution in [3.05, 3.63) is 30.2 Å². The van der Waals surface area contributed by atoms with Crippen LogP contribution in [-0.4, -0.2) is 27.5 Å². The summed E-state index contributed by atoms with van der Waals surface area (Å²) in [6.07, 6.45) is 3.09. The van der Waals surface area contributed by atoms with Gasteiger partial charge in [-0.25, -0.2) is 4.98 Å². The molecule has 0 unspecified atom stereocenters. The predicted molar refractivity (Wildman–Crippen MR) is 61.6 cm³/mol. The molecular weight excluding hydrogens is 226 g/mol. The van der Waals surface area contributed by atoms with Gasteiger partial charge in [-0.2, -0.15) is 0 Å². The van der Waals surface area contributed by atoms with Gasteiger partial charge in [0.05, 0.1) is 18.1 Å². The number of carbonyl (C=O) groups is 1. The number of anilines is 2. The van der Waals surface area contributed by atoms with Crippen molar-refractivity contribution in [3.63, 3.8) is 0 Å². The van der Waals surface area contributed by atoms with E-state index in [2.05, 4.69) is 25.2 Å². The molecule has 2 N–H and O–H groups in total. The minimum absolute atomic E-state index is 0.270. The van der Waals surface area contributed by atoms with Crippen LogP contribution in [0.4, 0.5) is 10.7 Å². The normalized spacial score (nSPS) is 9.81. The zero-order valence-corrected chi connectivity index (χ0v) is 9.28. The van der Waals surface area contributed by atoms with Gasteiger partial charge in [0.2, 0.25) is 0 Å². The van der Waals surface area contributed by atoms with Crippen molar-refractivity contribution in [1.82, 2.24) is 14.6 Å². The molecule has 2 heterocycles. The Bertz CT molecular complexity index is 467. The van der Waals surface area contributed by atoms with E-state index < -0.39 is 0 Å². The van der Waals surface area contributed by atoms with Gasteiger partial charge in [0.25, 0.3) is 5.91 Å². The van der Waals surface area contributed by atoms with Crippen molar-refractivity contribution in [2.75, 3.05) is 17.7 Å². The molecule has 0 radical (unpaired) electrons. The monoisotopic (exact) mass is 235 g/mol. The molecule has 82 valence electrons. The molecule has 2 aromatic heterocycles. The third-order valence-electron chi connectivity index (χ3n) is 1.88. The van der Waals surface area contributed by atoms with Crippen molar-refractivity contribution >= 4 is 28.1 Å². The van der Waals surface area contributed by atoms with E-state index in [0.717, 1.165) is 17.2 Å². The number of hydrogen-bond donors (Lipinski definition) is 2. The number of aromatic nitrogens is 3. The Labute approximate surface area is 95.9 Å². The summed E-state index contributed by atoms with van der Waals surface area (Å²) in [6, 6.07) is 3.43. The van der Waals surface area contributed by atoms with Crippen LogP contribution in [0.5, 0.6) is 0 Å². The highest BCUT2D eigenvalue weighted by molar-refractivity contribution is 7.10. The number of pyridine rings is 1. The molecule has 7 heteroatoms. The first-order valence-corrected chi connectivity index (χ1v) is 5.29. The molecule has 2 rings (SSSR count). The first-order chi connectivity index (χ1) is 7.79. The summed E-state index contributed by atoms with van der Waals surface area (Å²) >= 11 is 1.12. The summed E-state index contributed by atoms with van der Waals surface area (Å²) in [7, 11) is 1.79. The van der Waals surface area contributed by atoms with Crippen LogP contribution in [0.1, 0.15) is 10.5 Å². The van der Waals surface area contributed by atoms with Gasteiger partial charge >= 0.3 is 0 Å². The number of amides is 1. The zero-order chi connectivity index (χ0) is 11.4. The third kappa shape index (κ3) is 2.31. The van der Waals surface area contributed by atoms with E-state index in [1.807, 2.05) is 0 Å². The molecule has 0 aliphatic rings. The molecule has 2 aromatic rings. The molecule has 0 saturated heterocycles. The zero-order valence-electron chi connectivity index (χ0n) is 8.47. The van der Waals surface area contributed by atoms with Crippen molar-refractivity contribution < 1.29 is 4.79 Å². The maximum atomic E-state index is 11.7. The first kappa shape index (κ1) is 10.5. The van der Waals surface area contributed by atoms with Crippen molar-refractivity contribution in [2.45, 2.75) is 0 Å². The van der Waals surface area contributed by atoms with Gasteiger partial charge in [-0.05, 0) is 12.1 Å². The molecule has 6 nitrogen and oxygen atoms in total. The number of nitrogens with one attached hydrogen (secondary N) is 2. The molecule has 0 atom stereocenters. The van der Waals surface area contributed by atoms with E-state index in [1.54, 1.807) is 25.4 Å². The van der Waals surface area contributed by atoms with Gasteiger partial charge in [0, 0.05) is 18.6 Å². The Kier molecular flexibility index (Phi) is 3.06. The van der Waals surface area contributed by atoms with Gasteiger partial charge in [-0.15, -0.1) is 5.10 Å². The molecule has 1 amide bonds. The lowest BCUT2D eigenvalue weighted by atomic mass is 10.3. The van der Waals surface area contributed by atoms with E-state index >= 15 is 0 Å². The highest BCUT2D eigenvalue weighted by Crippen LogP contribution is 2.11. The summed E-state index contributed by atoms with van der Waals surface area (Å²) in [5.41, 5.74) is 1.21. The van der Waals surface area contributed by atoms with E-state index in [9.17, 15) is 4.79 Å². The van der Waals surface area contributed by atoms with Crippen LogP contribution in [0.2, 0.25) is 0 Å². The number of nitrogens with zero attached hydrogens (tertiary/aromatic N) is 3. The fourth-order valence-corrected chi connectivity index (χ4v) is 1.49. The number of rotatable bonds is 3. The van der Waals surface area contributed by atoms with Crippen LogP contribution in [0.3, 0.4) is 0 Å². The van der Waals surface area contributed by atoms with Gasteiger partial charge in [-0.1, -0.05) is 4.49 Å². The summed E-state index contributed by atoms with van der Waals surface area (Å²) in [6.45, 7) is 0. The minimum atomic E-state index is -0.270.